The van der Waals surface area contributed by atoms with Gasteiger partial charge in [-0.2, -0.15) is 0 Å². The quantitative estimate of drug-likeness (QED) is 0.287. The second-order valence-electron chi connectivity index (χ2n) is 1.70. The van der Waals surface area contributed by atoms with Crippen LogP contribution in [0.4, 0.5) is 5.69 Å². The molecular weight excluding hydrogens is 132 g/mol. The molecular formula is C6H6N2O2+. The Morgan fingerprint density at radius 3 is 2.40 bits per heavy atom. The third-order valence-electron chi connectivity index (χ3n) is 1.07. The van der Waals surface area contributed by atoms with Crippen molar-refractivity contribution in [2.45, 2.75) is 0 Å². The highest BCUT2D eigenvalue weighted by molar-refractivity contribution is 5.27. The van der Waals surface area contributed by atoms with Crippen molar-refractivity contribution in [3.05, 3.63) is 30.3 Å². The molecule has 0 atom stereocenters. The van der Waals surface area contributed by atoms with Crippen LogP contribution in [0, 0.1) is 5.53 Å². The van der Waals surface area contributed by atoms with Crippen molar-refractivity contribution in [3.63, 3.8) is 0 Å². The first-order chi connectivity index (χ1) is 4.84. The number of rotatable bonds is 2. The summed E-state index contributed by atoms with van der Waals surface area (Å²) in [5.41, 5.74) is 7.27. The molecule has 0 saturated heterocycles. The summed E-state index contributed by atoms with van der Waals surface area (Å²) in [4.78, 5) is 3.79. The van der Waals surface area contributed by atoms with Crippen LogP contribution in [0.1, 0.15) is 0 Å². The third kappa shape index (κ3) is 1.29. The zero-order chi connectivity index (χ0) is 7.40. The Morgan fingerprint density at radius 2 is 1.90 bits per heavy atom. The highest BCUT2D eigenvalue weighted by Gasteiger charge is 2.08. The molecule has 0 saturated carbocycles. The van der Waals surface area contributed by atoms with Crippen LogP contribution in [0.15, 0.2) is 30.3 Å². The SMILES string of the molecule is N=[N+](O[O])c1ccccc1. The fourth-order valence-corrected chi connectivity index (χ4v) is 0.606. The van der Waals surface area contributed by atoms with Gasteiger partial charge in [-0.15, -0.1) is 0 Å². The van der Waals surface area contributed by atoms with Crippen LogP contribution >= 0.6 is 0 Å². The largest absolute Gasteiger partial charge is 0.292 e. The maximum absolute atomic E-state index is 9.67. The monoisotopic (exact) mass is 138 g/mol. The van der Waals surface area contributed by atoms with Crippen molar-refractivity contribution in [3.8, 4) is 0 Å². The molecule has 0 aromatic heterocycles. The van der Waals surface area contributed by atoms with Gasteiger partial charge in [-0.3, -0.25) is 0 Å². The smallest absolute Gasteiger partial charge is 0.0618 e. The van der Waals surface area contributed by atoms with E-state index in [0.717, 1.165) is 0 Å². The van der Waals surface area contributed by atoms with Gasteiger partial charge in [0.05, 0.1) is 5.26 Å². The lowest BCUT2D eigenvalue weighted by Gasteiger charge is -1.84. The summed E-state index contributed by atoms with van der Waals surface area (Å²) in [5.74, 6) is 0. The van der Waals surface area contributed by atoms with Gasteiger partial charge in [0.15, 0.2) is 4.86 Å². The minimum atomic E-state index is 0.403. The topological polar surface area (TPSA) is 56.0 Å². The molecule has 0 amide bonds. The van der Waals surface area contributed by atoms with Gasteiger partial charge in [-0.1, -0.05) is 18.2 Å². The highest BCUT2D eigenvalue weighted by Crippen LogP contribution is 2.08. The summed E-state index contributed by atoms with van der Waals surface area (Å²) < 4.78 is 0. The molecule has 1 aromatic carbocycles. The van der Waals surface area contributed by atoms with Crippen molar-refractivity contribution in [1.29, 1.82) is 5.53 Å². The van der Waals surface area contributed by atoms with Crippen molar-refractivity contribution >= 4 is 5.69 Å². The van der Waals surface area contributed by atoms with Crippen molar-refractivity contribution in [2.75, 3.05) is 0 Å². The average molecular weight is 138 g/mol. The van der Waals surface area contributed by atoms with E-state index in [9.17, 15) is 5.26 Å². The number of hydrogen-bond donors (Lipinski definition) is 1. The fraction of sp³-hybridized carbons (Fsp3) is 0. The summed E-state index contributed by atoms with van der Waals surface area (Å²) in [6.07, 6.45) is 0. The zero-order valence-electron chi connectivity index (χ0n) is 5.15. The molecule has 0 aliphatic rings. The molecule has 10 heavy (non-hydrogen) atoms. The van der Waals surface area contributed by atoms with Gasteiger partial charge < -0.3 is 0 Å². The van der Waals surface area contributed by atoms with E-state index in [0.29, 0.717) is 10.5 Å². The maximum atomic E-state index is 9.67. The summed E-state index contributed by atoms with van der Waals surface area (Å²) >= 11 is 0. The van der Waals surface area contributed by atoms with E-state index >= 15 is 0 Å². The summed E-state index contributed by atoms with van der Waals surface area (Å²) in [6, 6.07) is 8.43. The van der Waals surface area contributed by atoms with E-state index in [-0.39, 0.29) is 0 Å². The molecule has 1 radical (unpaired) electrons. The number of para-hydroxylation sites is 1. The first kappa shape index (κ1) is 6.70. The lowest BCUT2D eigenvalue weighted by atomic mass is 10.3. The van der Waals surface area contributed by atoms with Crippen molar-refractivity contribution in [2.24, 2.45) is 0 Å². The van der Waals surface area contributed by atoms with Crippen molar-refractivity contribution in [1.82, 2.24) is 0 Å². The Kier molecular flexibility index (Phi) is 1.96. The Labute approximate surface area is 57.7 Å². The number of hydrogen-bond acceptors (Lipinski definition) is 2. The van der Waals surface area contributed by atoms with Crippen LogP contribution < -0.4 is 0 Å². The van der Waals surface area contributed by atoms with E-state index in [4.69, 9.17) is 5.53 Å². The summed E-state index contributed by atoms with van der Waals surface area (Å²) in [5, 5.41) is 9.67. The highest BCUT2D eigenvalue weighted by atomic mass is 17.2. The van der Waals surface area contributed by atoms with E-state index < -0.39 is 0 Å². The first-order valence-corrected chi connectivity index (χ1v) is 2.71. The Morgan fingerprint density at radius 1 is 1.30 bits per heavy atom. The number of nitrogens with one attached hydrogen (secondary N) is 1. The van der Waals surface area contributed by atoms with Crippen LogP contribution in [0.3, 0.4) is 0 Å². The molecule has 0 aliphatic heterocycles. The predicted molar refractivity (Wildman–Crippen MR) is 30.9 cm³/mol. The Balaban J connectivity index is 2.85. The lowest BCUT2D eigenvalue weighted by molar-refractivity contribution is -0.889. The van der Waals surface area contributed by atoms with Crippen LogP contribution in [0.5, 0.6) is 0 Å². The van der Waals surface area contributed by atoms with Crippen LogP contribution in [-0.2, 0) is 10.2 Å². The minimum absolute atomic E-state index is 0.403. The van der Waals surface area contributed by atoms with Gasteiger partial charge in [0.2, 0.25) is 0 Å². The lowest BCUT2D eigenvalue weighted by Crippen LogP contribution is -1.95. The Bertz CT molecular complexity index is 222. The van der Waals surface area contributed by atoms with Crippen LogP contribution in [-0.4, -0.2) is 4.86 Å². The first-order valence-electron chi connectivity index (χ1n) is 2.71. The number of benzene rings is 1. The number of nitrogens with zero attached hydrogens (tertiary/aromatic N) is 1. The van der Waals surface area contributed by atoms with E-state index in [1.165, 1.54) is 0 Å². The molecule has 0 spiro atoms. The standard InChI is InChI=1S/C6H6N2O2/c7-8(10-9)6-4-2-1-3-5-6/h1-5,7H/q+1. The van der Waals surface area contributed by atoms with Crippen LogP contribution in [0.2, 0.25) is 0 Å². The summed E-state index contributed by atoms with van der Waals surface area (Å²) in [6.45, 7) is 0. The molecule has 4 heteroatoms. The molecule has 1 aromatic rings. The molecule has 0 fully saturated rings. The minimum Gasteiger partial charge on any atom is -0.0618 e. The van der Waals surface area contributed by atoms with Gasteiger partial charge in [0.25, 0.3) is 5.69 Å². The van der Waals surface area contributed by atoms with Gasteiger partial charge in [-0.25, -0.2) is 0 Å². The molecule has 4 nitrogen and oxygen atoms in total. The summed E-state index contributed by atoms with van der Waals surface area (Å²) in [7, 11) is 0. The molecule has 51 valence electrons. The molecule has 0 unspecified atom stereocenters. The maximum Gasteiger partial charge on any atom is 0.292 e. The van der Waals surface area contributed by atoms with E-state index in [1.807, 2.05) is 0 Å². The zero-order valence-corrected chi connectivity index (χ0v) is 5.15. The fourth-order valence-electron chi connectivity index (χ4n) is 0.606. The molecule has 0 bridgehead atoms. The van der Waals surface area contributed by atoms with E-state index in [2.05, 4.69) is 4.99 Å². The van der Waals surface area contributed by atoms with Gasteiger partial charge in [0.1, 0.15) is 0 Å². The van der Waals surface area contributed by atoms with Gasteiger partial charge in [0, 0.05) is 17.7 Å². The molecule has 1 N–H and O–H groups in total. The van der Waals surface area contributed by atoms with Crippen molar-refractivity contribution < 1.29 is 15.1 Å². The van der Waals surface area contributed by atoms with Gasteiger partial charge in [-0.05, 0) is 4.99 Å². The molecule has 0 heterocycles. The average Bonchev–Trinajstić information content (AvgIpc) is 2.05. The van der Waals surface area contributed by atoms with Crippen LogP contribution in [0.25, 0.3) is 0 Å². The van der Waals surface area contributed by atoms with E-state index in [1.54, 1.807) is 30.3 Å². The normalized spacial score (nSPS) is 8.90. The predicted octanol–water partition coefficient (Wildman–Crippen LogP) is 1.64. The third-order valence-corrected chi connectivity index (χ3v) is 1.07. The Hall–Kier alpha value is -1.42. The second kappa shape index (κ2) is 2.93. The second-order valence-corrected chi connectivity index (χ2v) is 1.70. The molecule has 1 rings (SSSR count). The van der Waals surface area contributed by atoms with Gasteiger partial charge >= 0.3 is 0 Å². The molecule has 0 aliphatic carbocycles.